The van der Waals surface area contributed by atoms with Crippen LogP contribution in [-0.4, -0.2) is 49.8 Å². The Morgan fingerprint density at radius 3 is 2.67 bits per heavy atom. The van der Waals surface area contributed by atoms with Crippen molar-refractivity contribution in [2.75, 3.05) is 32.7 Å². The van der Waals surface area contributed by atoms with Crippen LogP contribution >= 0.6 is 0 Å². The van der Waals surface area contributed by atoms with Crippen molar-refractivity contribution in [2.24, 2.45) is 11.8 Å². The monoisotopic (exact) mass is 254 g/mol. The van der Waals surface area contributed by atoms with Crippen LogP contribution in [0, 0.1) is 11.8 Å². The van der Waals surface area contributed by atoms with Crippen molar-refractivity contribution in [3.8, 4) is 0 Å². The molecule has 0 amide bonds. The molecule has 2 aliphatic rings. The molecule has 2 saturated heterocycles. The van der Waals surface area contributed by atoms with Gasteiger partial charge in [0.25, 0.3) is 0 Å². The zero-order chi connectivity index (χ0) is 13.0. The third kappa shape index (κ3) is 4.52. The summed E-state index contributed by atoms with van der Waals surface area (Å²) in [6.45, 7) is 12.7. The van der Waals surface area contributed by atoms with Crippen molar-refractivity contribution in [3.05, 3.63) is 0 Å². The van der Waals surface area contributed by atoms with Crippen LogP contribution in [0.1, 0.15) is 40.0 Å². The minimum atomic E-state index is 0.453. The van der Waals surface area contributed by atoms with E-state index in [1.165, 1.54) is 32.4 Å². The second kappa shape index (κ2) is 6.88. The second-order valence-corrected chi connectivity index (χ2v) is 6.66. The van der Waals surface area contributed by atoms with E-state index in [2.05, 4.69) is 31.0 Å². The maximum Gasteiger partial charge on any atom is 0.0707 e. The normalized spacial score (nSPS) is 33.7. The molecule has 3 atom stereocenters. The summed E-state index contributed by atoms with van der Waals surface area (Å²) in [6.07, 6.45) is 4.79. The molecule has 2 rings (SSSR count). The first-order valence-electron chi connectivity index (χ1n) is 7.72. The zero-order valence-electron chi connectivity index (χ0n) is 12.3. The molecule has 3 unspecified atom stereocenters. The topological polar surface area (TPSA) is 24.5 Å². The molecule has 3 nitrogen and oxygen atoms in total. The predicted octanol–water partition coefficient (Wildman–Crippen LogP) is 2.12. The molecular weight excluding hydrogens is 224 g/mol. The van der Waals surface area contributed by atoms with Gasteiger partial charge in [-0.2, -0.15) is 0 Å². The molecule has 18 heavy (non-hydrogen) atoms. The van der Waals surface area contributed by atoms with E-state index >= 15 is 0 Å². The summed E-state index contributed by atoms with van der Waals surface area (Å²) in [7, 11) is 0. The number of ether oxygens (including phenoxy) is 1. The molecule has 0 bridgehead atoms. The van der Waals surface area contributed by atoms with Gasteiger partial charge in [-0.25, -0.2) is 0 Å². The molecule has 0 aromatic heterocycles. The number of rotatable bonds is 6. The number of likely N-dealkylation sites (tertiary alicyclic amines) is 1. The molecule has 0 radical (unpaired) electrons. The van der Waals surface area contributed by atoms with Gasteiger partial charge in [-0.3, -0.25) is 0 Å². The SMILES string of the molecule is CC(C)CNCC1CCC(CN2CCC(C)C2)O1. The fraction of sp³-hybridized carbons (Fsp3) is 1.00. The van der Waals surface area contributed by atoms with Crippen molar-refractivity contribution in [1.82, 2.24) is 10.2 Å². The summed E-state index contributed by atoms with van der Waals surface area (Å²) in [6, 6.07) is 0. The first-order chi connectivity index (χ1) is 8.63. The fourth-order valence-electron chi connectivity index (χ4n) is 3.08. The van der Waals surface area contributed by atoms with Crippen LogP contribution in [0.3, 0.4) is 0 Å². The quantitative estimate of drug-likeness (QED) is 0.786. The second-order valence-electron chi connectivity index (χ2n) is 6.66. The van der Waals surface area contributed by atoms with Gasteiger partial charge in [0.2, 0.25) is 0 Å². The van der Waals surface area contributed by atoms with Crippen LogP contribution in [0.25, 0.3) is 0 Å². The van der Waals surface area contributed by atoms with Crippen LogP contribution in [0.5, 0.6) is 0 Å². The highest BCUT2D eigenvalue weighted by Gasteiger charge is 2.28. The predicted molar refractivity (Wildman–Crippen MR) is 75.8 cm³/mol. The first kappa shape index (κ1) is 14.3. The van der Waals surface area contributed by atoms with Gasteiger partial charge < -0.3 is 15.0 Å². The number of nitrogens with zero attached hydrogens (tertiary/aromatic N) is 1. The molecule has 2 heterocycles. The molecule has 0 aliphatic carbocycles. The Morgan fingerprint density at radius 2 is 2.00 bits per heavy atom. The lowest BCUT2D eigenvalue weighted by atomic mass is 10.1. The molecule has 0 aromatic carbocycles. The maximum absolute atomic E-state index is 6.14. The molecule has 106 valence electrons. The Bertz CT molecular complexity index is 245. The van der Waals surface area contributed by atoms with Gasteiger partial charge in [0.05, 0.1) is 12.2 Å². The average Bonchev–Trinajstić information content (AvgIpc) is 2.89. The Morgan fingerprint density at radius 1 is 1.22 bits per heavy atom. The fourth-order valence-corrected chi connectivity index (χ4v) is 3.08. The summed E-state index contributed by atoms with van der Waals surface area (Å²) in [5.41, 5.74) is 0. The van der Waals surface area contributed by atoms with Crippen LogP contribution in [0.2, 0.25) is 0 Å². The molecule has 0 aromatic rings. The van der Waals surface area contributed by atoms with Gasteiger partial charge in [0.15, 0.2) is 0 Å². The smallest absolute Gasteiger partial charge is 0.0707 e. The summed E-state index contributed by atoms with van der Waals surface area (Å²) < 4.78 is 6.14. The number of hydrogen-bond acceptors (Lipinski definition) is 3. The molecule has 0 saturated carbocycles. The lowest BCUT2D eigenvalue weighted by Gasteiger charge is -2.21. The third-order valence-electron chi connectivity index (χ3n) is 4.09. The van der Waals surface area contributed by atoms with Crippen molar-refractivity contribution in [3.63, 3.8) is 0 Å². The van der Waals surface area contributed by atoms with Gasteiger partial charge >= 0.3 is 0 Å². The lowest BCUT2D eigenvalue weighted by molar-refractivity contribution is 0.0268. The third-order valence-corrected chi connectivity index (χ3v) is 4.09. The molecule has 2 aliphatic heterocycles. The van der Waals surface area contributed by atoms with Gasteiger partial charge in [-0.15, -0.1) is 0 Å². The van der Waals surface area contributed by atoms with E-state index in [4.69, 9.17) is 4.74 Å². The van der Waals surface area contributed by atoms with Crippen molar-refractivity contribution >= 4 is 0 Å². The lowest BCUT2D eigenvalue weighted by Crippen LogP contribution is -2.33. The summed E-state index contributed by atoms with van der Waals surface area (Å²) in [5, 5.41) is 3.51. The highest BCUT2D eigenvalue weighted by atomic mass is 16.5. The van der Waals surface area contributed by atoms with Crippen LogP contribution < -0.4 is 5.32 Å². The van der Waals surface area contributed by atoms with E-state index in [0.29, 0.717) is 12.2 Å². The zero-order valence-corrected chi connectivity index (χ0v) is 12.3. The summed E-state index contributed by atoms with van der Waals surface area (Å²) in [5.74, 6) is 1.61. The van der Waals surface area contributed by atoms with Crippen molar-refractivity contribution in [1.29, 1.82) is 0 Å². The van der Waals surface area contributed by atoms with Gasteiger partial charge in [-0.1, -0.05) is 20.8 Å². The Labute approximate surface area is 112 Å². The van der Waals surface area contributed by atoms with E-state index in [0.717, 1.165) is 31.5 Å². The first-order valence-corrected chi connectivity index (χ1v) is 7.72. The van der Waals surface area contributed by atoms with Crippen LogP contribution in [0.15, 0.2) is 0 Å². The molecule has 0 spiro atoms. The molecular formula is C15H30N2O. The average molecular weight is 254 g/mol. The van der Waals surface area contributed by atoms with Gasteiger partial charge in [0.1, 0.15) is 0 Å². The van der Waals surface area contributed by atoms with E-state index in [1.54, 1.807) is 0 Å². The standard InChI is InChI=1S/C15H30N2O/c1-12(2)8-16-9-14-4-5-15(18-14)11-17-7-6-13(3)10-17/h12-16H,4-11H2,1-3H3. The molecule has 2 fully saturated rings. The van der Waals surface area contributed by atoms with Gasteiger partial charge in [-0.05, 0) is 44.2 Å². The maximum atomic E-state index is 6.14. The van der Waals surface area contributed by atoms with E-state index < -0.39 is 0 Å². The Hall–Kier alpha value is -0.120. The summed E-state index contributed by atoms with van der Waals surface area (Å²) in [4.78, 5) is 2.58. The Kier molecular flexibility index (Phi) is 5.46. The molecule has 3 heteroatoms. The molecule has 1 N–H and O–H groups in total. The van der Waals surface area contributed by atoms with Crippen molar-refractivity contribution in [2.45, 2.75) is 52.2 Å². The van der Waals surface area contributed by atoms with E-state index in [9.17, 15) is 0 Å². The summed E-state index contributed by atoms with van der Waals surface area (Å²) >= 11 is 0. The van der Waals surface area contributed by atoms with E-state index in [1.807, 2.05) is 0 Å². The minimum absolute atomic E-state index is 0.453. The highest BCUT2D eigenvalue weighted by Crippen LogP contribution is 2.23. The van der Waals surface area contributed by atoms with E-state index in [-0.39, 0.29) is 0 Å². The van der Waals surface area contributed by atoms with Crippen LogP contribution in [-0.2, 0) is 4.74 Å². The number of nitrogens with one attached hydrogen (secondary N) is 1. The number of hydrogen-bond donors (Lipinski definition) is 1. The van der Waals surface area contributed by atoms with Crippen LogP contribution in [0.4, 0.5) is 0 Å². The van der Waals surface area contributed by atoms with Crippen molar-refractivity contribution < 1.29 is 4.74 Å². The van der Waals surface area contributed by atoms with Gasteiger partial charge in [0, 0.05) is 19.6 Å². The largest absolute Gasteiger partial charge is 0.372 e. The Balaban J connectivity index is 1.59. The minimum Gasteiger partial charge on any atom is -0.372 e. The highest BCUT2D eigenvalue weighted by molar-refractivity contribution is 4.81.